The van der Waals surface area contributed by atoms with Crippen LogP contribution in [-0.2, 0) is 13.0 Å². The summed E-state index contributed by atoms with van der Waals surface area (Å²) in [5.74, 6) is 0. The summed E-state index contributed by atoms with van der Waals surface area (Å²) in [5.41, 5.74) is 3.79. The van der Waals surface area contributed by atoms with Crippen LogP contribution in [0.2, 0.25) is 0 Å². The Balaban J connectivity index is 1.54. The molecule has 0 saturated carbocycles. The first-order chi connectivity index (χ1) is 9.92. The second kappa shape index (κ2) is 5.04. The van der Waals surface area contributed by atoms with E-state index in [1.807, 2.05) is 23.6 Å². The summed E-state index contributed by atoms with van der Waals surface area (Å²) in [6.07, 6.45) is 7.68. The zero-order chi connectivity index (χ0) is 13.4. The normalized spacial score (nSPS) is 18.3. The van der Waals surface area contributed by atoms with Crippen molar-refractivity contribution in [2.75, 3.05) is 0 Å². The summed E-state index contributed by atoms with van der Waals surface area (Å²) >= 11 is 1.90. The van der Waals surface area contributed by atoms with Gasteiger partial charge in [0.2, 0.25) is 0 Å². The molecule has 0 radical (unpaired) electrons. The number of rotatable bonds is 3. The second-order valence-electron chi connectivity index (χ2n) is 5.34. The maximum atomic E-state index is 4.34. The van der Waals surface area contributed by atoms with Crippen LogP contribution in [0.25, 0.3) is 11.0 Å². The molecule has 3 nitrogen and oxygen atoms in total. The smallest absolute Gasteiger partial charge is 0.137 e. The van der Waals surface area contributed by atoms with Crippen LogP contribution in [0.4, 0.5) is 0 Å². The van der Waals surface area contributed by atoms with Gasteiger partial charge in [0.25, 0.3) is 0 Å². The molecule has 4 rings (SSSR count). The summed E-state index contributed by atoms with van der Waals surface area (Å²) in [4.78, 5) is 9.15. The van der Waals surface area contributed by atoms with E-state index in [4.69, 9.17) is 0 Å². The molecular formula is C16H17N3S. The van der Waals surface area contributed by atoms with Gasteiger partial charge in [0.05, 0.1) is 0 Å². The van der Waals surface area contributed by atoms with E-state index in [-0.39, 0.29) is 0 Å². The van der Waals surface area contributed by atoms with Crippen molar-refractivity contribution >= 4 is 22.4 Å². The third-order valence-corrected chi connectivity index (χ3v) is 5.12. The Hall–Kier alpha value is -1.65. The minimum atomic E-state index is 0.506. The molecule has 0 bridgehead atoms. The monoisotopic (exact) mass is 283 g/mol. The van der Waals surface area contributed by atoms with Crippen LogP contribution in [0.1, 0.15) is 34.9 Å². The maximum absolute atomic E-state index is 4.34. The number of aryl methyl sites for hydroxylation is 1. The van der Waals surface area contributed by atoms with Gasteiger partial charge < -0.3 is 10.3 Å². The zero-order valence-electron chi connectivity index (χ0n) is 11.2. The fourth-order valence-electron chi connectivity index (χ4n) is 3.09. The molecule has 0 aromatic carbocycles. The molecule has 4 heteroatoms. The van der Waals surface area contributed by atoms with Crippen molar-refractivity contribution in [3.63, 3.8) is 0 Å². The van der Waals surface area contributed by atoms with Gasteiger partial charge in [0, 0.05) is 35.2 Å². The van der Waals surface area contributed by atoms with E-state index in [1.165, 1.54) is 35.8 Å². The highest BCUT2D eigenvalue weighted by atomic mass is 32.1. The molecule has 0 amide bonds. The van der Waals surface area contributed by atoms with E-state index in [0.29, 0.717) is 6.04 Å². The SMILES string of the molecule is c1cnc2[nH]cc(CNC3CCCc4sccc43)c2c1. The zero-order valence-corrected chi connectivity index (χ0v) is 12.0. The molecule has 0 spiro atoms. The molecule has 0 aliphatic heterocycles. The van der Waals surface area contributed by atoms with E-state index < -0.39 is 0 Å². The summed E-state index contributed by atoms with van der Waals surface area (Å²) in [5, 5.41) is 7.16. The number of thiophene rings is 1. The summed E-state index contributed by atoms with van der Waals surface area (Å²) in [6.45, 7) is 0.894. The quantitative estimate of drug-likeness (QED) is 0.767. The molecule has 20 heavy (non-hydrogen) atoms. The van der Waals surface area contributed by atoms with Crippen molar-refractivity contribution in [3.8, 4) is 0 Å². The van der Waals surface area contributed by atoms with Gasteiger partial charge in [-0.3, -0.25) is 0 Å². The number of nitrogens with one attached hydrogen (secondary N) is 2. The van der Waals surface area contributed by atoms with Crippen LogP contribution >= 0.6 is 11.3 Å². The van der Waals surface area contributed by atoms with Gasteiger partial charge in [-0.25, -0.2) is 4.98 Å². The molecule has 0 saturated heterocycles. The predicted molar refractivity (Wildman–Crippen MR) is 82.9 cm³/mol. The van der Waals surface area contributed by atoms with Gasteiger partial charge in [-0.1, -0.05) is 0 Å². The Kier molecular flexibility index (Phi) is 3.05. The molecule has 102 valence electrons. The van der Waals surface area contributed by atoms with Crippen LogP contribution in [0.3, 0.4) is 0 Å². The van der Waals surface area contributed by atoms with Gasteiger partial charge >= 0.3 is 0 Å². The van der Waals surface area contributed by atoms with Crippen LogP contribution in [0.5, 0.6) is 0 Å². The molecule has 3 aromatic heterocycles. The Morgan fingerprint density at radius 2 is 2.40 bits per heavy atom. The Bertz CT molecular complexity index is 728. The predicted octanol–water partition coefficient (Wildman–Crippen LogP) is 3.79. The van der Waals surface area contributed by atoms with Crippen LogP contribution in [0, 0.1) is 0 Å². The lowest BCUT2D eigenvalue weighted by Gasteiger charge is -2.23. The molecule has 1 aliphatic rings. The van der Waals surface area contributed by atoms with E-state index in [2.05, 4.69) is 39.0 Å². The number of H-pyrrole nitrogens is 1. The number of hydrogen-bond donors (Lipinski definition) is 2. The molecule has 3 heterocycles. The Morgan fingerprint density at radius 3 is 3.40 bits per heavy atom. The number of fused-ring (bicyclic) bond motifs is 2. The third kappa shape index (κ3) is 2.05. The fourth-order valence-corrected chi connectivity index (χ4v) is 4.08. The van der Waals surface area contributed by atoms with Crippen molar-refractivity contribution in [3.05, 3.63) is 52.0 Å². The highest BCUT2D eigenvalue weighted by Gasteiger charge is 2.20. The Morgan fingerprint density at radius 1 is 1.40 bits per heavy atom. The van der Waals surface area contributed by atoms with Crippen molar-refractivity contribution in [2.24, 2.45) is 0 Å². The number of aromatic nitrogens is 2. The summed E-state index contributed by atoms with van der Waals surface area (Å²) in [7, 11) is 0. The second-order valence-corrected chi connectivity index (χ2v) is 6.34. The van der Waals surface area contributed by atoms with Crippen LogP contribution in [0.15, 0.2) is 36.0 Å². The molecule has 3 aromatic rings. The van der Waals surface area contributed by atoms with Crippen molar-refractivity contribution in [2.45, 2.75) is 31.8 Å². The summed E-state index contributed by atoms with van der Waals surface area (Å²) < 4.78 is 0. The lowest BCUT2D eigenvalue weighted by molar-refractivity contribution is 0.464. The van der Waals surface area contributed by atoms with Gasteiger partial charge in [-0.2, -0.15) is 0 Å². The molecule has 1 aliphatic carbocycles. The first kappa shape index (κ1) is 12.1. The van der Waals surface area contributed by atoms with Gasteiger partial charge in [0.1, 0.15) is 5.65 Å². The molecule has 2 N–H and O–H groups in total. The highest BCUT2D eigenvalue weighted by molar-refractivity contribution is 7.10. The van der Waals surface area contributed by atoms with Gasteiger partial charge in [0.15, 0.2) is 0 Å². The number of pyridine rings is 1. The summed E-state index contributed by atoms with van der Waals surface area (Å²) in [6, 6.07) is 6.92. The fraction of sp³-hybridized carbons (Fsp3) is 0.312. The average Bonchev–Trinajstić information content (AvgIpc) is 3.12. The van der Waals surface area contributed by atoms with Crippen LogP contribution in [-0.4, -0.2) is 9.97 Å². The largest absolute Gasteiger partial charge is 0.346 e. The van der Waals surface area contributed by atoms with Crippen LogP contribution < -0.4 is 5.32 Å². The molecule has 1 unspecified atom stereocenters. The highest BCUT2D eigenvalue weighted by Crippen LogP contribution is 2.33. The van der Waals surface area contributed by atoms with Crippen molar-refractivity contribution in [1.29, 1.82) is 0 Å². The minimum Gasteiger partial charge on any atom is -0.346 e. The van der Waals surface area contributed by atoms with E-state index >= 15 is 0 Å². The van der Waals surface area contributed by atoms with E-state index in [9.17, 15) is 0 Å². The van der Waals surface area contributed by atoms with Crippen molar-refractivity contribution < 1.29 is 0 Å². The van der Waals surface area contributed by atoms with Gasteiger partial charge in [-0.05, 0) is 54.0 Å². The minimum absolute atomic E-state index is 0.506. The van der Waals surface area contributed by atoms with E-state index in [1.54, 1.807) is 4.88 Å². The molecule has 1 atom stereocenters. The maximum Gasteiger partial charge on any atom is 0.137 e. The third-order valence-electron chi connectivity index (χ3n) is 4.13. The first-order valence-corrected chi connectivity index (χ1v) is 8.00. The number of aromatic amines is 1. The lowest BCUT2D eigenvalue weighted by atomic mass is 9.94. The average molecular weight is 283 g/mol. The van der Waals surface area contributed by atoms with E-state index in [0.717, 1.165) is 12.2 Å². The molecular weight excluding hydrogens is 266 g/mol. The Labute approximate surface area is 122 Å². The first-order valence-electron chi connectivity index (χ1n) is 7.12. The van der Waals surface area contributed by atoms with Gasteiger partial charge in [-0.15, -0.1) is 11.3 Å². The lowest BCUT2D eigenvalue weighted by Crippen LogP contribution is -2.23. The standard InChI is InChI=1S/C16H17N3S/c1-4-14(13-6-8-20-15(13)5-1)18-9-11-10-19-16-12(11)3-2-7-17-16/h2-3,6-8,10,14,18H,1,4-5,9H2,(H,17,19). The number of hydrogen-bond acceptors (Lipinski definition) is 3. The number of nitrogens with zero attached hydrogens (tertiary/aromatic N) is 1. The van der Waals surface area contributed by atoms with Crippen molar-refractivity contribution in [1.82, 2.24) is 15.3 Å². The molecule has 0 fully saturated rings. The topological polar surface area (TPSA) is 40.7 Å².